The number of benzene rings is 2. The van der Waals surface area contributed by atoms with E-state index in [0.717, 1.165) is 54.4 Å². The molecule has 0 radical (unpaired) electrons. The largest absolute Gasteiger partial charge is 0.744 e. The summed E-state index contributed by atoms with van der Waals surface area (Å²) < 4.78 is 38.9. The molecule has 0 atom stereocenters. The molecule has 0 saturated carbocycles. The summed E-state index contributed by atoms with van der Waals surface area (Å²) in [6, 6.07) is 13.8. The van der Waals surface area contributed by atoms with Crippen molar-refractivity contribution in [1.82, 2.24) is 0 Å². The highest BCUT2D eigenvalue weighted by Gasteiger charge is 2.27. The van der Waals surface area contributed by atoms with E-state index in [1.54, 1.807) is 12.1 Å². The Morgan fingerprint density at radius 3 is 2.37 bits per heavy atom. The number of hydrogen-bond acceptors (Lipinski definition) is 7. The molecule has 9 heteroatoms. The summed E-state index contributed by atoms with van der Waals surface area (Å²) in [7, 11) is -4.27. The molecule has 6 rings (SSSR count). The molecule has 0 unspecified atom stereocenters. The zero-order valence-corrected chi connectivity index (χ0v) is 22.0. The summed E-state index contributed by atoms with van der Waals surface area (Å²) in [5.41, 5.74) is 6.76. The van der Waals surface area contributed by atoms with Crippen LogP contribution in [0.25, 0.3) is 22.1 Å². The van der Waals surface area contributed by atoms with Gasteiger partial charge in [0.2, 0.25) is 0 Å². The summed E-state index contributed by atoms with van der Waals surface area (Å²) in [4.78, 5) is 15.0. The van der Waals surface area contributed by atoms with Crippen LogP contribution in [0.2, 0.25) is 0 Å². The molecule has 0 spiro atoms. The maximum atomic E-state index is 12.8. The Labute approximate surface area is 221 Å². The predicted octanol–water partition coefficient (Wildman–Crippen LogP) is 3.34. The lowest BCUT2D eigenvalue weighted by atomic mass is 9.89. The lowest BCUT2D eigenvalue weighted by Crippen LogP contribution is -2.34. The van der Waals surface area contributed by atoms with E-state index in [-0.39, 0.29) is 17.1 Å². The summed E-state index contributed by atoms with van der Waals surface area (Å²) in [6.07, 6.45) is 8.12. The number of aromatic nitrogens is 1. The Balaban J connectivity index is 0.000000226. The molecule has 0 amide bonds. The fourth-order valence-corrected chi connectivity index (χ4v) is 5.72. The third-order valence-electron chi connectivity index (χ3n) is 7.09. The fraction of sp³-hybridized carbons (Fsp3) is 0.310. The summed E-state index contributed by atoms with van der Waals surface area (Å²) in [5, 5.41) is 10.1. The van der Waals surface area contributed by atoms with Crippen molar-refractivity contribution in [3.8, 4) is 11.1 Å². The van der Waals surface area contributed by atoms with Gasteiger partial charge < -0.3 is 19.0 Å². The fourth-order valence-electron chi connectivity index (χ4n) is 5.25. The first-order valence-corrected chi connectivity index (χ1v) is 14.2. The van der Waals surface area contributed by atoms with Gasteiger partial charge in [-0.3, -0.25) is 0 Å². The minimum atomic E-state index is -4.27. The molecule has 0 fully saturated rings. The molecular weight excluding hydrogens is 504 g/mol. The van der Waals surface area contributed by atoms with E-state index in [9.17, 15) is 17.8 Å². The van der Waals surface area contributed by atoms with Crippen LogP contribution in [-0.4, -0.2) is 37.8 Å². The highest BCUT2D eigenvalue weighted by atomic mass is 32.2. The van der Waals surface area contributed by atoms with Crippen LogP contribution in [0.15, 0.2) is 75.0 Å². The molecule has 0 aliphatic carbocycles. The van der Waals surface area contributed by atoms with Crippen molar-refractivity contribution in [2.24, 2.45) is 0 Å². The summed E-state index contributed by atoms with van der Waals surface area (Å²) >= 11 is 0. The molecule has 4 heterocycles. The van der Waals surface area contributed by atoms with E-state index in [2.05, 4.69) is 11.0 Å². The zero-order chi connectivity index (χ0) is 26.9. The van der Waals surface area contributed by atoms with Crippen LogP contribution in [-0.2, 0) is 29.5 Å². The van der Waals surface area contributed by atoms with Gasteiger partial charge in [0.25, 0.3) is 0 Å². The average molecular weight is 535 g/mol. The first kappa shape index (κ1) is 26.1. The molecule has 0 saturated heterocycles. The second-order valence-corrected chi connectivity index (χ2v) is 11.1. The molecule has 8 nitrogen and oxygen atoms in total. The molecule has 2 aliphatic heterocycles. The SMILES string of the molecule is Cc1ccc(S(=O)(=O)[O-])cc1.O=c1oc2c3c4c(cc2cc1-c1cc[n+](CCO)cc1)CCCN4CCC3. The smallest absolute Gasteiger partial charge is 0.344 e. The van der Waals surface area contributed by atoms with Crippen LogP contribution in [0.5, 0.6) is 0 Å². The highest BCUT2D eigenvalue weighted by Crippen LogP contribution is 2.40. The van der Waals surface area contributed by atoms with Gasteiger partial charge in [0, 0.05) is 47.4 Å². The third-order valence-corrected chi connectivity index (χ3v) is 7.94. The van der Waals surface area contributed by atoms with Crippen LogP contribution in [0.3, 0.4) is 0 Å². The standard InChI is InChI=1S/C22H23N2O3.C7H8O3S/c25-12-11-23-9-5-15(6-10-23)19-14-17-13-16-3-1-7-24-8-2-4-18(20(16)24)21(17)27-22(19)26;1-6-2-4-7(5-3-6)11(8,9)10/h5-6,9-10,13-14,25H,1-4,7-8,11-12H2;2-5H,1H3,(H,8,9,10)/q+1;/p-1. The van der Waals surface area contributed by atoms with Crippen LogP contribution < -0.4 is 15.1 Å². The molecule has 2 aromatic carbocycles. The van der Waals surface area contributed by atoms with E-state index in [1.165, 1.54) is 35.4 Å². The first-order chi connectivity index (χ1) is 18.2. The van der Waals surface area contributed by atoms with Gasteiger partial charge in [-0.25, -0.2) is 17.8 Å². The zero-order valence-electron chi connectivity index (χ0n) is 21.2. The number of nitrogens with zero attached hydrogens (tertiary/aromatic N) is 2. The van der Waals surface area contributed by atoms with Crippen molar-refractivity contribution >= 4 is 26.8 Å². The van der Waals surface area contributed by atoms with E-state index in [1.807, 2.05) is 42.1 Å². The van der Waals surface area contributed by atoms with Crippen molar-refractivity contribution in [2.45, 2.75) is 44.0 Å². The number of fused-ring (bicyclic) bond motifs is 2. The maximum Gasteiger partial charge on any atom is 0.344 e. The Hall–Kier alpha value is -3.53. The predicted molar refractivity (Wildman–Crippen MR) is 143 cm³/mol. The van der Waals surface area contributed by atoms with Crippen molar-refractivity contribution in [3.05, 3.63) is 88.0 Å². The number of aliphatic hydroxyl groups is 1. The minimum Gasteiger partial charge on any atom is -0.744 e. The number of anilines is 1. The maximum absolute atomic E-state index is 12.8. The second kappa shape index (κ2) is 10.7. The number of aliphatic hydroxyl groups excluding tert-OH is 1. The average Bonchev–Trinajstić information content (AvgIpc) is 2.90. The third kappa shape index (κ3) is 5.36. The molecule has 38 heavy (non-hydrogen) atoms. The van der Waals surface area contributed by atoms with E-state index < -0.39 is 10.1 Å². The molecule has 0 bridgehead atoms. The van der Waals surface area contributed by atoms with Crippen molar-refractivity contribution in [3.63, 3.8) is 0 Å². The van der Waals surface area contributed by atoms with Gasteiger partial charge in [-0.2, -0.15) is 0 Å². The number of pyridine rings is 1. The van der Waals surface area contributed by atoms with Gasteiger partial charge in [0.1, 0.15) is 22.3 Å². The second-order valence-electron chi connectivity index (χ2n) is 9.74. The monoisotopic (exact) mass is 534 g/mol. The molecule has 198 valence electrons. The molecule has 2 aromatic heterocycles. The van der Waals surface area contributed by atoms with Gasteiger partial charge in [-0.15, -0.1) is 0 Å². The Morgan fingerprint density at radius 1 is 1.03 bits per heavy atom. The van der Waals surface area contributed by atoms with Gasteiger partial charge >= 0.3 is 5.63 Å². The van der Waals surface area contributed by atoms with E-state index in [4.69, 9.17) is 9.52 Å². The first-order valence-electron chi connectivity index (χ1n) is 12.7. The normalized spacial score (nSPS) is 14.6. The number of aryl methyl sites for hydroxylation is 3. The van der Waals surface area contributed by atoms with Gasteiger partial charge in [-0.05, 0) is 62.4 Å². The van der Waals surface area contributed by atoms with Crippen molar-refractivity contribution in [1.29, 1.82) is 0 Å². The lowest BCUT2D eigenvalue weighted by Gasteiger charge is -2.37. The molecular formula is C29H30N2O6S. The lowest BCUT2D eigenvalue weighted by molar-refractivity contribution is -0.698. The highest BCUT2D eigenvalue weighted by molar-refractivity contribution is 7.85. The van der Waals surface area contributed by atoms with Crippen LogP contribution in [0, 0.1) is 6.92 Å². The molecule has 4 aromatic rings. The van der Waals surface area contributed by atoms with Crippen molar-refractivity contribution in [2.75, 3.05) is 24.6 Å². The summed E-state index contributed by atoms with van der Waals surface area (Å²) in [6.45, 7) is 4.66. The minimum absolute atomic E-state index is 0.0903. The molecule has 2 aliphatic rings. The van der Waals surface area contributed by atoms with Crippen LogP contribution in [0.1, 0.15) is 29.5 Å². The van der Waals surface area contributed by atoms with E-state index in [0.29, 0.717) is 12.1 Å². The Bertz CT molecular complexity index is 1630. The number of hydrogen-bond donors (Lipinski definition) is 1. The van der Waals surface area contributed by atoms with Crippen LogP contribution in [0.4, 0.5) is 5.69 Å². The number of rotatable bonds is 4. The van der Waals surface area contributed by atoms with Gasteiger partial charge in [0.15, 0.2) is 18.9 Å². The Morgan fingerprint density at radius 2 is 1.71 bits per heavy atom. The van der Waals surface area contributed by atoms with Gasteiger partial charge in [-0.1, -0.05) is 17.7 Å². The van der Waals surface area contributed by atoms with Crippen molar-refractivity contribution < 1.29 is 27.1 Å². The quantitative estimate of drug-likeness (QED) is 0.243. The van der Waals surface area contributed by atoms with Gasteiger partial charge in [0.05, 0.1) is 10.5 Å². The Kier molecular flexibility index (Phi) is 7.34. The van der Waals surface area contributed by atoms with Crippen LogP contribution >= 0.6 is 0 Å². The topological polar surface area (TPSA) is 115 Å². The molecule has 1 N–H and O–H groups in total. The van der Waals surface area contributed by atoms with E-state index >= 15 is 0 Å². The summed E-state index contributed by atoms with van der Waals surface area (Å²) in [5.74, 6) is 0.